The second-order valence-corrected chi connectivity index (χ2v) is 7.97. The van der Waals surface area contributed by atoms with Gasteiger partial charge in [-0.25, -0.2) is 0 Å². The molecule has 0 atom stereocenters. The van der Waals surface area contributed by atoms with Crippen LogP contribution in [0.1, 0.15) is 33.1 Å². The molecule has 3 rings (SSSR count). The second kappa shape index (κ2) is 7.97. The Hall–Kier alpha value is -1.07. The monoisotopic (exact) mass is 381 g/mol. The lowest BCUT2D eigenvalue weighted by Crippen LogP contribution is -2.28. The van der Waals surface area contributed by atoms with Crippen LogP contribution in [0.25, 0.3) is 10.9 Å². The summed E-state index contributed by atoms with van der Waals surface area (Å²) in [6.45, 7) is 5.03. The van der Waals surface area contributed by atoms with E-state index in [-0.39, 0.29) is 0 Å². The Kier molecular flexibility index (Phi) is 6.26. The van der Waals surface area contributed by atoms with Crippen LogP contribution in [0.5, 0.6) is 0 Å². The Bertz CT molecular complexity index is 644. The number of halogens is 1. The average molecular weight is 382 g/mol. The van der Waals surface area contributed by atoms with Gasteiger partial charge in [-0.3, -0.25) is 9.78 Å². The number of hydrogen-bond donors (Lipinski definition) is 0. The van der Waals surface area contributed by atoms with Crippen LogP contribution in [0.3, 0.4) is 0 Å². The van der Waals surface area contributed by atoms with Crippen LogP contribution in [-0.2, 0) is 9.53 Å². The maximum absolute atomic E-state index is 9.18. The van der Waals surface area contributed by atoms with Gasteiger partial charge >= 0.3 is 0 Å². The van der Waals surface area contributed by atoms with Crippen LogP contribution in [-0.4, -0.2) is 22.8 Å². The van der Waals surface area contributed by atoms with Crippen LogP contribution in [0.2, 0.25) is 0 Å². The number of carbonyl (C=O) groups is 1. The summed E-state index contributed by atoms with van der Waals surface area (Å²) < 4.78 is 5.72. The van der Waals surface area contributed by atoms with Crippen LogP contribution < -0.4 is 0 Å². The highest BCUT2D eigenvalue weighted by Gasteiger charge is 2.33. The van der Waals surface area contributed by atoms with E-state index in [9.17, 15) is 4.79 Å². The summed E-state index contributed by atoms with van der Waals surface area (Å²) in [6, 6.07) is 8.44. The first-order chi connectivity index (χ1) is 10.6. The zero-order chi connectivity index (χ0) is 16.0. The molecule has 0 bridgehead atoms. The van der Waals surface area contributed by atoms with Crippen LogP contribution >= 0.6 is 27.7 Å². The number of hydrogen-bond acceptors (Lipinski definition) is 4. The fourth-order valence-electron chi connectivity index (χ4n) is 2.29. The highest BCUT2D eigenvalue weighted by Crippen LogP contribution is 2.48. The molecule has 0 aliphatic heterocycles. The van der Waals surface area contributed by atoms with Gasteiger partial charge in [-0.1, -0.05) is 29.3 Å². The van der Waals surface area contributed by atoms with Crippen molar-refractivity contribution in [2.75, 3.05) is 6.61 Å². The van der Waals surface area contributed by atoms with Crippen LogP contribution in [0.4, 0.5) is 0 Å². The number of pyridine rings is 1. The number of fused-ring (bicyclic) bond motifs is 1. The van der Waals surface area contributed by atoms with Crippen LogP contribution in [0.15, 0.2) is 39.8 Å². The van der Waals surface area contributed by atoms with Crippen molar-refractivity contribution in [2.24, 2.45) is 0 Å². The smallest absolute Gasteiger partial charge is 0.293 e. The summed E-state index contributed by atoms with van der Waals surface area (Å²) in [6.07, 6.45) is 5.95. The highest BCUT2D eigenvalue weighted by atomic mass is 79.9. The van der Waals surface area contributed by atoms with E-state index >= 15 is 0 Å². The minimum atomic E-state index is 0.431. The molecule has 0 N–H and O–H groups in total. The van der Waals surface area contributed by atoms with Crippen LogP contribution in [0, 0.1) is 0 Å². The van der Waals surface area contributed by atoms with E-state index in [1.54, 1.807) is 6.92 Å². The minimum Gasteiger partial charge on any atom is -0.468 e. The predicted octanol–water partition coefficient (Wildman–Crippen LogP) is 5.21. The summed E-state index contributed by atoms with van der Waals surface area (Å²) in [4.78, 5) is 15.0. The highest BCUT2D eigenvalue weighted by molar-refractivity contribution is 9.10. The Labute approximate surface area is 144 Å². The first kappa shape index (κ1) is 17.3. The van der Waals surface area contributed by atoms with E-state index in [0.29, 0.717) is 17.8 Å². The van der Waals surface area contributed by atoms with E-state index in [4.69, 9.17) is 0 Å². The van der Waals surface area contributed by atoms with Gasteiger partial charge < -0.3 is 4.74 Å². The molecule has 3 nitrogen and oxygen atoms in total. The number of ether oxygens (including phenoxy) is 1. The summed E-state index contributed by atoms with van der Waals surface area (Å²) in [5.41, 5.74) is 1.08. The van der Waals surface area contributed by atoms with Gasteiger partial charge in [-0.05, 0) is 44.0 Å². The van der Waals surface area contributed by atoms with Gasteiger partial charge in [0.15, 0.2) is 0 Å². The molecule has 1 aliphatic carbocycles. The summed E-state index contributed by atoms with van der Waals surface area (Å²) >= 11 is 5.55. The third kappa shape index (κ3) is 4.46. The predicted molar refractivity (Wildman–Crippen MR) is 95.2 cm³/mol. The normalized spacial score (nSPS) is 15.4. The van der Waals surface area contributed by atoms with Gasteiger partial charge in [0.25, 0.3) is 6.47 Å². The van der Waals surface area contributed by atoms with Crippen molar-refractivity contribution in [1.82, 2.24) is 4.98 Å². The second-order valence-electron chi connectivity index (χ2n) is 5.43. The molecule has 0 radical (unpaired) electrons. The maximum atomic E-state index is 9.18. The Balaban J connectivity index is 0.000000309. The van der Waals surface area contributed by atoms with Gasteiger partial charge in [-0.2, -0.15) is 0 Å². The fraction of sp³-hybridized carbons (Fsp3) is 0.412. The zero-order valence-electron chi connectivity index (χ0n) is 12.8. The lowest BCUT2D eigenvalue weighted by Gasteiger charge is -2.37. The molecule has 1 aromatic carbocycles. The zero-order valence-corrected chi connectivity index (χ0v) is 15.2. The molecule has 1 heterocycles. The Morgan fingerprint density at radius 2 is 2.18 bits per heavy atom. The van der Waals surface area contributed by atoms with E-state index < -0.39 is 0 Å². The molecule has 1 aromatic heterocycles. The summed E-state index contributed by atoms with van der Waals surface area (Å²) in [5, 5.41) is 1.26. The molecule has 1 saturated carbocycles. The molecule has 0 saturated heterocycles. The summed E-state index contributed by atoms with van der Waals surface area (Å²) in [5.74, 6) is 0. The first-order valence-electron chi connectivity index (χ1n) is 7.36. The van der Waals surface area contributed by atoms with Gasteiger partial charge in [0.1, 0.15) is 0 Å². The lowest BCUT2D eigenvalue weighted by atomic mass is 9.86. The number of nitrogens with zero attached hydrogens (tertiary/aromatic N) is 1. The molecule has 0 spiro atoms. The topological polar surface area (TPSA) is 39.2 Å². The van der Waals surface area contributed by atoms with Crippen molar-refractivity contribution in [3.8, 4) is 0 Å². The first-order valence-corrected chi connectivity index (χ1v) is 8.97. The van der Waals surface area contributed by atoms with Crippen molar-refractivity contribution >= 4 is 45.1 Å². The number of aromatic nitrogens is 1. The standard InChI is InChI=1S/C14H14BrNS.C3H6O2/c1-14(6-2-7-14)17-13-5-8-16-12-4-3-10(15)9-11(12)13;1-2-5-3-4/h3-5,8-9H,2,6-7H2,1H3;3H,2H2,1H3. The third-order valence-corrected chi connectivity index (χ3v) is 5.64. The van der Waals surface area contributed by atoms with Gasteiger partial charge in [0.2, 0.25) is 0 Å². The number of benzene rings is 1. The van der Waals surface area contributed by atoms with Gasteiger partial charge in [-0.15, -0.1) is 11.8 Å². The molecule has 0 amide bonds. The molecular formula is C17H20BrNO2S. The molecule has 1 aliphatic rings. The molecule has 118 valence electrons. The SMILES string of the molecule is CC1(Sc2ccnc3ccc(Br)cc23)CCC1.CCOC=O. The van der Waals surface area contributed by atoms with E-state index in [0.717, 1.165) is 9.99 Å². The number of carbonyl (C=O) groups excluding carboxylic acids is 1. The number of rotatable bonds is 4. The van der Waals surface area contributed by atoms with Crippen molar-refractivity contribution in [1.29, 1.82) is 0 Å². The summed E-state index contributed by atoms with van der Waals surface area (Å²) in [7, 11) is 0. The average Bonchev–Trinajstić information content (AvgIpc) is 2.48. The van der Waals surface area contributed by atoms with Gasteiger partial charge in [0.05, 0.1) is 12.1 Å². The van der Waals surface area contributed by atoms with Crippen molar-refractivity contribution in [3.63, 3.8) is 0 Å². The molecule has 1 fully saturated rings. The van der Waals surface area contributed by atoms with E-state index in [2.05, 4.69) is 56.8 Å². The lowest BCUT2D eigenvalue weighted by molar-refractivity contribution is -0.128. The fourth-order valence-corrected chi connectivity index (χ4v) is 4.08. The van der Waals surface area contributed by atoms with E-state index in [1.807, 2.05) is 18.0 Å². The minimum absolute atomic E-state index is 0.431. The number of thioether (sulfide) groups is 1. The molecular weight excluding hydrogens is 362 g/mol. The molecule has 22 heavy (non-hydrogen) atoms. The molecule has 5 heteroatoms. The largest absolute Gasteiger partial charge is 0.468 e. The molecule has 2 aromatic rings. The Morgan fingerprint density at radius 1 is 1.41 bits per heavy atom. The quantitative estimate of drug-likeness (QED) is 0.681. The third-order valence-electron chi connectivity index (χ3n) is 3.67. The van der Waals surface area contributed by atoms with Gasteiger partial charge in [0, 0.05) is 25.7 Å². The van der Waals surface area contributed by atoms with Crippen molar-refractivity contribution in [2.45, 2.75) is 42.8 Å². The Morgan fingerprint density at radius 3 is 2.73 bits per heavy atom. The van der Waals surface area contributed by atoms with Crippen molar-refractivity contribution < 1.29 is 9.53 Å². The maximum Gasteiger partial charge on any atom is 0.293 e. The van der Waals surface area contributed by atoms with E-state index in [1.165, 1.54) is 29.5 Å². The molecule has 0 unspecified atom stereocenters. The van der Waals surface area contributed by atoms with Crippen molar-refractivity contribution in [3.05, 3.63) is 34.9 Å².